The predicted octanol–water partition coefficient (Wildman–Crippen LogP) is 3.63. The summed E-state index contributed by atoms with van der Waals surface area (Å²) in [5.74, 6) is 3.52. The van der Waals surface area contributed by atoms with E-state index >= 15 is 0 Å². The van der Waals surface area contributed by atoms with Gasteiger partial charge in [-0.3, -0.25) is 0 Å². The Morgan fingerprint density at radius 1 is 0.880 bits per heavy atom. The Kier molecular flexibility index (Phi) is 3.78. The molecule has 1 N–H and O–H groups in total. The van der Waals surface area contributed by atoms with Crippen LogP contribution in [0.4, 0.5) is 0 Å². The predicted molar refractivity (Wildman–Crippen MR) is 95.4 cm³/mol. The number of rotatable bonds is 5. The van der Waals surface area contributed by atoms with Gasteiger partial charge in [0.05, 0.1) is 6.61 Å². The first-order valence-electron chi connectivity index (χ1n) is 9.24. The topological polar surface area (TPSA) is 39.7 Å². The largest absolute Gasteiger partial charge is 0.493 e. The van der Waals surface area contributed by atoms with Crippen LogP contribution >= 0.6 is 0 Å². The van der Waals surface area contributed by atoms with Crippen LogP contribution < -0.4 is 19.5 Å². The van der Waals surface area contributed by atoms with Crippen LogP contribution in [0.5, 0.6) is 17.2 Å². The molecule has 0 amide bonds. The average molecular weight is 337 g/mol. The molecule has 0 spiro atoms. The summed E-state index contributed by atoms with van der Waals surface area (Å²) >= 11 is 0. The second-order valence-corrected chi connectivity index (χ2v) is 7.14. The Hall–Kier alpha value is -2.20. The second-order valence-electron chi connectivity index (χ2n) is 7.14. The maximum Gasteiger partial charge on any atom is 0.161 e. The van der Waals surface area contributed by atoms with E-state index in [1.165, 1.54) is 29.5 Å². The molecule has 25 heavy (non-hydrogen) atoms. The fraction of sp³-hybridized carbons (Fsp3) is 0.429. The van der Waals surface area contributed by atoms with Crippen LogP contribution in [0.2, 0.25) is 0 Å². The molecule has 2 aliphatic heterocycles. The van der Waals surface area contributed by atoms with Gasteiger partial charge in [-0.1, -0.05) is 18.2 Å². The third kappa shape index (κ3) is 3.07. The number of hydrogen-bond acceptors (Lipinski definition) is 4. The molecule has 1 aliphatic carbocycles. The molecule has 4 heteroatoms. The van der Waals surface area contributed by atoms with Gasteiger partial charge < -0.3 is 19.5 Å². The van der Waals surface area contributed by atoms with Crippen molar-refractivity contribution in [1.82, 2.24) is 5.32 Å². The normalized spacial score (nSPS) is 19.2. The van der Waals surface area contributed by atoms with Crippen LogP contribution in [0.15, 0.2) is 36.4 Å². The van der Waals surface area contributed by atoms with Gasteiger partial charge in [0.1, 0.15) is 19.0 Å². The number of nitrogens with one attached hydrogen (secondary N) is 1. The molecule has 1 unspecified atom stereocenters. The first kappa shape index (κ1) is 15.1. The Balaban J connectivity index is 1.33. The molecule has 0 aromatic heterocycles. The molecule has 2 heterocycles. The maximum atomic E-state index is 5.76. The van der Waals surface area contributed by atoms with Crippen molar-refractivity contribution >= 4 is 0 Å². The molecule has 1 atom stereocenters. The van der Waals surface area contributed by atoms with Crippen molar-refractivity contribution in [1.29, 1.82) is 0 Å². The van der Waals surface area contributed by atoms with Crippen molar-refractivity contribution in [3.8, 4) is 17.2 Å². The van der Waals surface area contributed by atoms with Gasteiger partial charge in [-0.2, -0.15) is 0 Å². The van der Waals surface area contributed by atoms with E-state index < -0.39 is 0 Å². The van der Waals surface area contributed by atoms with Gasteiger partial charge in [-0.25, -0.2) is 0 Å². The van der Waals surface area contributed by atoms with E-state index in [4.69, 9.17) is 14.2 Å². The lowest BCUT2D eigenvalue weighted by molar-refractivity contribution is 0.171. The van der Waals surface area contributed by atoms with Gasteiger partial charge in [0, 0.05) is 19.0 Å². The van der Waals surface area contributed by atoms with Gasteiger partial charge in [0.25, 0.3) is 0 Å². The van der Waals surface area contributed by atoms with Crippen molar-refractivity contribution < 1.29 is 14.2 Å². The third-order valence-electron chi connectivity index (χ3n) is 5.30. The zero-order valence-electron chi connectivity index (χ0n) is 14.3. The van der Waals surface area contributed by atoms with Crippen molar-refractivity contribution in [2.45, 2.75) is 31.8 Å². The van der Waals surface area contributed by atoms with E-state index in [0.29, 0.717) is 19.3 Å². The Morgan fingerprint density at radius 3 is 2.56 bits per heavy atom. The molecule has 0 radical (unpaired) electrons. The van der Waals surface area contributed by atoms with Gasteiger partial charge in [-0.05, 0) is 53.6 Å². The fourth-order valence-electron chi connectivity index (χ4n) is 3.82. The zero-order valence-corrected chi connectivity index (χ0v) is 14.3. The summed E-state index contributed by atoms with van der Waals surface area (Å²) in [4.78, 5) is 0. The smallest absolute Gasteiger partial charge is 0.161 e. The Labute approximate surface area is 148 Å². The van der Waals surface area contributed by atoms with Gasteiger partial charge in [0.15, 0.2) is 11.5 Å². The summed E-state index contributed by atoms with van der Waals surface area (Å²) in [6.07, 6.45) is 3.62. The van der Waals surface area contributed by atoms with E-state index in [2.05, 4.69) is 35.6 Å². The van der Waals surface area contributed by atoms with Crippen molar-refractivity contribution in [2.24, 2.45) is 5.92 Å². The molecule has 4 nitrogen and oxygen atoms in total. The van der Waals surface area contributed by atoms with Crippen LogP contribution in [0.1, 0.15) is 35.6 Å². The highest BCUT2D eigenvalue weighted by atomic mass is 16.6. The SMILES string of the molecule is c1cc2c(cc1CNC(c1ccc3c(c1)OCCO3)C1CC1)CCO2. The third-order valence-corrected chi connectivity index (χ3v) is 5.30. The summed E-state index contributed by atoms with van der Waals surface area (Å²) in [6, 6.07) is 13.3. The Morgan fingerprint density at radius 2 is 1.68 bits per heavy atom. The average Bonchev–Trinajstić information content (AvgIpc) is 3.38. The molecule has 2 aromatic rings. The van der Waals surface area contributed by atoms with Gasteiger partial charge in [0.2, 0.25) is 0 Å². The minimum atomic E-state index is 0.375. The van der Waals surface area contributed by atoms with Crippen LogP contribution in [0, 0.1) is 5.92 Å². The van der Waals surface area contributed by atoms with Crippen molar-refractivity contribution in [3.05, 3.63) is 53.1 Å². The van der Waals surface area contributed by atoms with E-state index in [1.807, 2.05) is 6.07 Å². The maximum absolute atomic E-state index is 5.76. The van der Waals surface area contributed by atoms with E-state index in [9.17, 15) is 0 Å². The number of hydrogen-bond donors (Lipinski definition) is 1. The fourth-order valence-corrected chi connectivity index (χ4v) is 3.82. The van der Waals surface area contributed by atoms with Crippen LogP contribution in [-0.4, -0.2) is 19.8 Å². The molecule has 0 saturated heterocycles. The summed E-state index contributed by atoms with van der Waals surface area (Å²) in [7, 11) is 0. The lowest BCUT2D eigenvalue weighted by Gasteiger charge is -2.23. The van der Waals surface area contributed by atoms with Crippen molar-refractivity contribution in [2.75, 3.05) is 19.8 Å². The van der Waals surface area contributed by atoms with E-state index in [0.717, 1.165) is 42.7 Å². The lowest BCUT2D eigenvalue weighted by atomic mass is 10.0. The van der Waals surface area contributed by atoms with E-state index in [-0.39, 0.29) is 0 Å². The number of fused-ring (bicyclic) bond motifs is 2. The molecule has 5 rings (SSSR count). The minimum absolute atomic E-state index is 0.375. The summed E-state index contributed by atoms with van der Waals surface area (Å²) in [5, 5.41) is 3.78. The molecule has 1 saturated carbocycles. The molecule has 130 valence electrons. The monoisotopic (exact) mass is 337 g/mol. The highest BCUT2D eigenvalue weighted by Gasteiger charge is 2.32. The Bertz CT molecular complexity index is 785. The van der Waals surface area contributed by atoms with Crippen LogP contribution in [0.3, 0.4) is 0 Å². The summed E-state index contributed by atoms with van der Waals surface area (Å²) in [5.41, 5.74) is 3.96. The van der Waals surface area contributed by atoms with Crippen LogP contribution in [0.25, 0.3) is 0 Å². The quantitative estimate of drug-likeness (QED) is 0.904. The zero-order chi connectivity index (χ0) is 16.6. The molecular weight excluding hydrogens is 314 g/mol. The van der Waals surface area contributed by atoms with Crippen LogP contribution in [-0.2, 0) is 13.0 Å². The molecular formula is C21H23NO3. The molecule has 1 fully saturated rings. The second kappa shape index (κ2) is 6.26. The van der Waals surface area contributed by atoms with Crippen molar-refractivity contribution in [3.63, 3.8) is 0 Å². The minimum Gasteiger partial charge on any atom is -0.493 e. The van der Waals surface area contributed by atoms with Gasteiger partial charge in [-0.15, -0.1) is 0 Å². The highest BCUT2D eigenvalue weighted by Crippen LogP contribution is 2.43. The lowest BCUT2D eigenvalue weighted by Crippen LogP contribution is -2.23. The first-order valence-corrected chi connectivity index (χ1v) is 9.24. The number of ether oxygens (including phenoxy) is 3. The molecule has 2 aromatic carbocycles. The molecule has 3 aliphatic rings. The van der Waals surface area contributed by atoms with Gasteiger partial charge >= 0.3 is 0 Å². The summed E-state index contributed by atoms with van der Waals surface area (Å²) < 4.78 is 17.0. The number of benzene rings is 2. The first-order chi connectivity index (χ1) is 12.4. The summed E-state index contributed by atoms with van der Waals surface area (Å²) in [6.45, 7) is 2.96. The van der Waals surface area contributed by atoms with E-state index in [1.54, 1.807) is 0 Å². The highest BCUT2D eigenvalue weighted by molar-refractivity contribution is 5.45. The standard InChI is InChI=1S/C21H23NO3/c1-5-18-16(7-8-23-18)11-14(1)13-22-21(15-2-3-15)17-4-6-19-20(12-17)25-10-9-24-19/h1,4-6,11-12,15,21-22H,2-3,7-10,13H2. The molecule has 0 bridgehead atoms.